The highest BCUT2D eigenvalue weighted by atomic mass is 32.1. The zero-order valence-corrected chi connectivity index (χ0v) is 16.4. The van der Waals surface area contributed by atoms with Crippen molar-refractivity contribution in [3.8, 4) is 16.4 Å². The summed E-state index contributed by atoms with van der Waals surface area (Å²) in [7, 11) is 1.64. The second-order valence-electron chi connectivity index (χ2n) is 6.46. The number of fused-ring (bicyclic) bond motifs is 1. The van der Waals surface area contributed by atoms with Crippen LogP contribution in [0.5, 0.6) is 5.75 Å². The van der Waals surface area contributed by atoms with Crippen LogP contribution in [0.15, 0.2) is 64.5 Å². The Bertz CT molecular complexity index is 1100. The van der Waals surface area contributed by atoms with Crippen LogP contribution in [0.25, 0.3) is 21.4 Å². The first kappa shape index (κ1) is 18.3. The first-order chi connectivity index (χ1) is 13.6. The van der Waals surface area contributed by atoms with Crippen LogP contribution >= 0.6 is 11.3 Å². The Balaban J connectivity index is 1.42. The molecule has 1 atom stereocenters. The molecule has 0 spiro atoms. The van der Waals surface area contributed by atoms with Crippen molar-refractivity contribution in [1.29, 1.82) is 0 Å². The fraction of sp³-hybridized carbons (Fsp3) is 0.182. The van der Waals surface area contributed by atoms with E-state index in [0.29, 0.717) is 11.5 Å². The molecule has 142 valence electrons. The lowest BCUT2D eigenvalue weighted by molar-refractivity contribution is -0.146. The van der Waals surface area contributed by atoms with Crippen molar-refractivity contribution in [1.82, 2.24) is 5.16 Å². The number of carbonyl (C=O) groups is 1. The van der Waals surface area contributed by atoms with Crippen LogP contribution in [0.2, 0.25) is 0 Å². The van der Waals surface area contributed by atoms with E-state index in [-0.39, 0.29) is 18.5 Å². The smallest absolute Gasteiger partial charge is 0.313 e. The molecule has 0 amide bonds. The molecular weight excluding hydrogens is 374 g/mol. The van der Waals surface area contributed by atoms with Crippen LogP contribution in [-0.2, 0) is 16.1 Å². The summed E-state index contributed by atoms with van der Waals surface area (Å²) in [5.74, 6) is 0.810. The van der Waals surface area contributed by atoms with Gasteiger partial charge in [0.05, 0.1) is 17.9 Å². The van der Waals surface area contributed by atoms with Gasteiger partial charge in [-0.15, -0.1) is 11.3 Å². The lowest BCUT2D eigenvalue weighted by atomic mass is 9.98. The molecule has 0 fully saturated rings. The van der Waals surface area contributed by atoms with Crippen LogP contribution in [0.3, 0.4) is 0 Å². The van der Waals surface area contributed by atoms with E-state index in [4.69, 9.17) is 14.0 Å². The highest BCUT2D eigenvalue weighted by Crippen LogP contribution is 2.27. The average Bonchev–Trinajstić information content (AvgIpc) is 3.42. The molecular formula is C22H19NO4S. The monoisotopic (exact) mass is 393 g/mol. The van der Waals surface area contributed by atoms with Gasteiger partial charge in [0.15, 0.2) is 5.76 Å². The van der Waals surface area contributed by atoms with E-state index in [9.17, 15) is 4.79 Å². The van der Waals surface area contributed by atoms with Crippen molar-refractivity contribution >= 4 is 28.1 Å². The van der Waals surface area contributed by atoms with Crippen LogP contribution in [-0.4, -0.2) is 18.2 Å². The number of hydrogen-bond donors (Lipinski definition) is 0. The maximum atomic E-state index is 12.5. The number of nitrogens with zero attached hydrogens (tertiary/aromatic N) is 1. The molecule has 0 saturated carbocycles. The molecule has 0 saturated heterocycles. The second-order valence-corrected chi connectivity index (χ2v) is 7.41. The minimum Gasteiger partial charge on any atom is -0.497 e. The molecule has 2 heterocycles. The average molecular weight is 393 g/mol. The lowest BCUT2D eigenvalue weighted by Crippen LogP contribution is -2.13. The SMILES string of the molecule is COc1ccc2cc([C@H](C)C(=O)OCc3cc(-c4cccs4)on3)ccc2c1. The van der Waals surface area contributed by atoms with Crippen LogP contribution in [0.4, 0.5) is 0 Å². The summed E-state index contributed by atoms with van der Waals surface area (Å²) < 4.78 is 16.0. The molecule has 5 nitrogen and oxygen atoms in total. The third-order valence-corrected chi connectivity index (χ3v) is 5.49. The van der Waals surface area contributed by atoms with Crippen molar-refractivity contribution in [2.24, 2.45) is 0 Å². The quantitative estimate of drug-likeness (QED) is 0.410. The summed E-state index contributed by atoms with van der Waals surface area (Å²) in [5.41, 5.74) is 1.50. The Morgan fingerprint density at radius 1 is 1.14 bits per heavy atom. The van der Waals surface area contributed by atoms with E-state index in [1.807, 2.05) is 60.8 Å². The molecule has 0 unspecified atom stereocenters. The summed E-state index contributed by atoms with van der Waals surface area (Å²) in [5, 5.41) is 8.06. The second kappa shape index (κ2) is 7.86. The maximum Gasteiger partial charge on any atom is 0.313 e. The lowest BCUT2D eigenvalue weighted by Gasteiger charge is -2.12. The van der Waals surface area contributed by atoms with Gasteiger partial charge in [-0.1, -0.05) is 35.5 Å². The van der Waals surface area contributed by atoms with Gasteiger partial charge in [-0.3, -0.25) is 4.79 Å². The Labute approximate surface area is 166 Å². The molecule has 6 heteroatoms. The highest BCUT2D eigenvalue weighted by molar-refractivity contribution is 7.13. The third kappa shape index (κ3) is 3.77. The van der Waals surface area contributed by atoms with Crippen molar-refractivity contribution < 1.29 is 18.8 Å². The third-order valence-electron chi connectivity index (χ3n) is 4.61. The van der Waals surface area contributed by atoms with Crippen LogP contribution in [0, 0.1) is 0 Å². The number of thiophene rings is 1. The number of rotatable bonds is 6. The molecule has 4 aromatic rings. The normalized spacial score (nSPS) is 12.1. The molecule has 0 N–H and O–H groups in total. The van der Waals surface area contributed by atoms with E-state index in [0.717, 1.165) is 27.0 Å². The topological polar surface area (TPSA) is 61.6 Å². The fourth-order valence-electron chi connectivity index (χ4n) is 2.96. The summed E-state index contributed by atoms with van der Waals surface area (Å²) in [4.78, 5) is 13.5. The van der Waals surface area contributed by atoms with Gasteiger partial charge in [-0.05, 0) is 46.8 Å². The van der Waals surface area contributed by atoms with Gasteiger partial charge in [0, 0.05) is 6.07 Å². The molecule has 0 aliphatic carbocycles. The van der Waals surface area contributed by atoms with Gasteiger partial charge >= 0.3 is 5.97 Å². The first-order valence-corrected chi connectivity index (χ1v) is 9.76. The van der Waals surface area contributed by atoms with E-state index >= 15 is 0 Å². The van der Waals surface area contributed by atoms with Gasteiger partial charge in [0.2, 0.25) is 0 Å². The van der Waals surface area contributed by atoms with E-state index in [1.165, 1.54) is 0 Å². The Morgan fingerprint density at radius 3 is 2.75 bits per heavy atom. The molecule has 2 aromatic heterocycles. The summed E-state index contributed by atoms with van der Waals surface area (Å²) in [6, 6.07) is 17.5. The van der Waals surface area contributed by atoms with Gasteiger partial charge < -0.3 is 14.0 Å². The van der Waals surface area contributed by atoms with Gasteiger partial charge in [-0.25, -0.2) is 0 Å². The largest absolute Gasteiger partial charge is 0.497 e. The van der Waals surface area contributed by atoms with Crippen LogP contribution in [0.1, 0.15) is 24.1 Å². The van der Waals surface area contributed by atoms with Gasteiger partial charge in [0.1, 0.15) is 18.1 Å². The Kier molecular flexibility index (Phi) is 5.12. The summed E-state index contributed by atoms with van der Waals surface area (Å²) >= 11 is 1.57. The predicted molar refractivity (Wildman–Crippen MR) is 109 cm³/mol. The minimum atomic E-state index is -0.379. The molecule has 0 radical (unpaired) electrons. The van der Waals surface area contributed by atoms with E-state index in [1.54, 1.807) is 24.5 Å². The van der Waals surface area contributed by atoms with Gasteiger partial charge in [0.25, 0.3) is 0 Å². The first-order valence-electron chi connectivity index (χ1n) is 8.88. The summed E-state index contributed by atoms with van der Waals surface area (Å²) in [6.45, 7) is 1.93. The number of ether oxygens (including phenoxy) is 2. The van der Waals surface area contributed by atoms with Crippen molar-refractivity contribution in [2.45, 2.75) is 19.4 Å². The number of aromatic nitrogens is 1. The molecule has 0 bridgehead atoms. The number of hydrogen-bond acceptors (Lipinski definition) is 6. The van der Waals surface area contributed by atoms with E-state index in [2.05, 4.69) is 5.16 Å². The predicted octanol–water partition coefficient (Wildman–Crippen LogP) is 5.41. The fourth-order valence-corrected chi connectivity index (χ4v) is 3.63. The molecule has 0 aliphatic rings. The summed E-state index contributed by atoms with van der Waals surface area (Å²) in [6.07, 6.45) is 0. The van der Waals surface area contributed by atoms with Crippen LogP contribution < -0.4 is 4.74 Å². The number of esters is 1. The standard InChI is InChI=1S/C22H19NO4S/c1-14(15-5-6-17-11-19(25-2)8-7-16(17)10-15)22(24)26-13-18-12-20(27-23-18)21-4-3-9-28-21/h3-12,14H,13H2,1-2H3/t14-/m0/s1. The number of benzene rings is 2. The van der Waals surface area contributed by atoms with Crippen molar-refractivity contribution in [2.75, 3.05) is 7.11 Å². The maximum absolute atomic E-state index is 12.5. The zero-order valence-electron chi connectivity index (χ0n) is 15.5. The van der Waals surface area contributed by atoms with Gasteiger partial charge in [-0.2, -0.15) is 0 Å². The molecule has 4 rings (SSSR count). The van der Waals surface area contributed by atoms with Crippen molar-refractivity contribution in [3.05, 3.63) is 71.2 Å². The highest BCUT2D eigenvalue weighted by Gasteiger charge is 2.18. The number of methoxy groups -OCH3 is 1. The zero-order chi connectivity index (χ0) is 19.5. The Hall–Kier alpha value is -3.12. The number of carbonyl (C=O) groups excluding carboxylic acids is 1. The molecule has 2 aromatic carbocycles. The minimum absolute atomic E-state index is 0.0861. The van der Waals surface area contributed by atoms with E-state index < -0.39 is 0 Å². The molecule has 28 heavy (non-hydrogen) atoms. The Morgan fingerprint density at radius 2 is 1.96 bits per heavy atom. The van der Waals surface area contributed by atoms with Crippen molar-refractivity contribution in [3.63, 3.8) is 0 Å². The molecule has 0 aliphatic heterocycles.